The lowest BCUT2D eigenvalue weighted by Gasteiger charge is -1.94. The molecular weight excluding hydrogens is 164 g/mol. The number of pyridine rings is 1. The van der Waals surface area contributed by atoms with Crippen molar-refractivity contribution in [2.75, 3.05) is 0 Å². The molecule has 0 bridgehead atoms. The van der Waals surface area contributed by atoms with E-state index in [4.69, 9.17) is 0 Å². The lowest BCUT2D eigenvalue weighted by molar-refractivity contribution is 0.0989. The van der Waals surface area contributed by atoms with Crippen LogP contribution >= 0.6 is 0 Å². The van der Waals surface area contributed by atoms with Gasteiger partial charge in [0.25, 0.3) is 0 Å². The van der Waals surface area contributed by atoms with E-state index >= 15 is 0 Å². The third-order valence-electron chi connectivity index (χ3n) is 2.05. The third-order valence-corrected chi connectivity index (χ3v) is 2.05. The van der Waals surface area contributed by atoms with E-state index in [9.17, 15) is 4.79 Å². The van der Waals surface area contributed by atoms with Gasteiger partial charge in [-0.1, -0.05) is 13.0 Å². The molecule has 0 N–H and O–H groups in total. The summed E-state index contributed by atoms with van der Waals surface area (Å²) in [5.41, 5.74) is 1.59. The van der Waals surface area contributed by atoms with E-state index in [1.807, 2.05) is 31.3 Å². The minimum Gasteiger partial charge on any atom is -0.294 e. The number of Topliss-reactive ketones (excluding diaryl/α,β-unsaturated/α-hetero) is 1. The first-order valence-electron chi connectivity index (χ1n) is 4.28. The summed E-state index contributed by atoms with van der Waals surface area (Å²) in [6, 6.07) is 5.69. The summed E-state index contributed by atoms with van der Waals surface area (Å²) < 4.78 is 1.71. The van der Waals surface area contributed by atoms with Gasteiger partial charge in [0.2, 0.25) is 0 Å². The fourth-order valence-corrected chi connectivity index (χ4v) is 1.34. The van der Waals surface area contributed by atoms with Crippen LogP contribution in [0.4, 0.5) is 0 Å². The standard InChI is InChI=1S/C10H10N2O/c1-2-10(13)8-7-11-12-6-4-3-5-9(8)12/h3-7H,2H2,1H3. The van der Waals surface area contributed by atoms with Crippen LogP contribution in [0.5, 0.6) is 0 Å². The van der Waals surface area contributed by atoms with Crippen molar-refractivity contribution in [2.24, 2.45) is 0 Å². The van der Waals surface area contributed by atoms with Gasteiger partial charge < -0.3 is 0 Å². The van der Waals surface area contributed by atoms with Gasteiger partial charge in [-0.3, -0.25) is 4.79 Å². The number of aromatic nitrogens is 2. The molecule has 2 aromatic rings. The summed E-state index contributed by atoms with van der Waals surface area (Å²) in [7, 11) is 0. The summed E-state index contributed by atoms with van der Waals surface area (Å²) in [4.78, 5) is 11.4. The zero-order chi connectivity index (χ0) is 9.26. The van der Waals surface area contributed by atoms with Gasteiger partial charge >= 0.3 is 0 Å². The van der Waals surface area contributed by atoms with Crippen LogP contribution < -0.4 is 0 Å². The number of ketones is 1. The van der Waals surface area contributed by atoms with Gasteiger partial charge in [-0.2, -0.15) is 5.10 Å². The summed E-state index contributed by atoms with van der Waals surface area (Å²) in [6.07, 6.45) is 3.99. The van der Waals surface area contributed by atoms with E-state index in [2.05, 4.69) is 5.10 Å². The quantitative estimate of drug-likeness (QED) is 0.652. The largest absolute Gasteiger partial charge is 0.294 e. The Balaban J connectivity index is 2.64. The summed E-state index contributed by atoms with van der Waals surface area (Å²) >= 11 is 0. The predicted molar refractivity (Wildman–Crippen MR) is 49.8 cm³/mol. The van der Waals surface area contributed by atoms with Gasteiger partial charge in [-0.15, -0.1) is 0 Å². The van der Waals surface area contributed by atoms with Crippen molar-refractivity contribution in [1.82, 2.24) is 9.61 Å². The van der Waals surface area contributed by atoms with Gasteiger partial charge in [0, 0.05) is 12.6 Å². The van der Waals surface area contributed by atoms with Crippen molar-refractivity contribution in [3.8, 4) is 0 Å². The molecule has 66 valence electrons. The van der Waals surface area contributed by atoms with Crippen LogP contribution in [0.25, 0.3) is 5.52 Å². The normalized spacial score (nSPS) is 10.5. The number of hydrogen-bond acceptors (Lipinski definition) is 2. The van der Waals surface area contributed by atoms with E-state index in [1.165, 1.54) is 0 Å². The SMILES string of the molecule is CCC(=O)c1cnn2ccccc12. The molecule has 0 unspecified atom stereocenters. The Kier molecular flexibility index (Phi) is 1.85. The number of carbonyl (C=O) groups excluding carboxylic acids is 1. The minimum atomic E-state index is 0.140. The van der Waals surface area contributed by atoms with Crippen LogP contribution in [0.2, 0.25) is 0 Å². The molecule has 0 saturated heterocycles. The fraction of sp³-hybridized carbons (Fsp3) is 0.200. The smallest absolute Gasteiger partial charge is 0.166 e. The zero-order valence-electron chi connectivity index (χ0n) is 7.40. The maximum Gasteiger partial charge on any atom is 0.166 e. The molecule has 0 aliphatic carbocycles. The van der Waals surface area contributed by atoms with Crippen molar-refractivity contribution in [2.45, 2.75) is 13.3 Å². The predicted octanol–water partition coefficient (Wildman–Crippen LogP) is 1.93. The van der Waals surface area contributed by atoms with Crippen LogP contribution in [0.3, 0.4) is 0 Å². The Labute approximate surface area is 76.0 Å². The molecule has 0 fully saturated rings. The topological polar surface area (TPSA) is 34.4 Å². The van der Waals surface area contributed by atoms with E-state index in [0.29, 0.717) is 12.0 Å². The maximum atomic E-state index is 11.4. The maximum absolute atomic E-state index is 11.4. The lowest BCUT2D eigenvalue weighted by Crippen LogP contribution is -1.95. The van der Waals surface area contributed by atoms with Gasteiger partial charge in [-0.25, -0.2) is 4.52 Å². The molecule has 3 nitrogen and oxygen atoms in total. The molecule has 2 heterocycles. The van der Waals surface area contributed by atoms with Crippen LogP contribution in [-0.2, 0) is 0 Å². The van der Waals surface area contributed by atoms with Crippen molar-refractivity contribution in [3.05, 3.63) is 36.2 Å². The Bertz CT molecular complexity index is 445. The fourth-order valence-electron chi connectivity index (χ4n) is 1.34. The van der Waals surface area contributed by atoms with Crippen LogP contribution in [0.1, 0.15) is 23.7 Å². The van der Waals surface area contributed by atoms with Crippen LogP contribution in [0, 0.1) is 0 Å². The highest BCUT2D eigenvalue weighted by molar-refractivity contribution is 6.01. The number of carbonyl (C=O) groups is 1. The average molecular weight is 174 g/mol. The summed E-state index contributed by atoms with van der Waals surface area (Å²) in [6.45, 7) is 1.86. The Hall–Kier alpha value is -1.64. The second kappa shape index (κ2) is 3.01. The number of rotatable bonds is 2. The lowest BCUT2D eigenvalue weighted by atomic mass is 10.1. The molecular formula is C10H10N2O. The molecule has 0 atom stereocenters. The first-order chi connectivity index (χ1) is 6.33. The number of hydrogen-bond donors (Lipinski definition) is 0. The summed E-state index contributed by atoms with van der Waals surface area (Å²) in [5, 5.41) is 4.08. The zero-order valence-corrected chi connectivity index (χ0v) is 7.40. The Morgan fingerprint density at radius 2 is 2.38 bits per heavy atom. The molecule has 0 aromatic carbocycles. The third kappa shape index (κ3) is 1.22. The minimum absolute atomic E-state index is 0.140. The molecule has 2 aromatic heterocycles. The highest BCUT2D eigenvalue weighted by Crippen LogP contribution is 2.11. The van der Waals surface area contributed by atoms with E-state index in [0.717, 1.165) is 5.52 Å². The van der Waals surface area contributed by atoms with Gasteiger partial charge in [0.15, 0.2) is 5.78 Å². The van der Waals surface area contributed by atoms with Crippen molar-refractivity contribution in [1.29, 1.82) is 0 Å². The monoisotopic (exact) mass is 174 g/mol. The number of nitrogens with zero attached hydrogens (tertiary/aromatic N) is 2. The molecule has 0 spiro atoms. The first kappa shape index (κ1) is 7.98. The molecule has 13 heavy (non-hydrogen) atoms. The molecule has 2 rings (SSSR count). The van der Waals surface area contributed by atoms with Gasteiger partial charge in [0.1, 0.15) is 0 Å². The first-order valence-corrected chi connectivity index (χ1v) is 4.28. The van der Waals surface area contributed by atoms with Gasteiger partial charge in [0.05, 0.1) is 17.3 Å². The Morgan fingerprint density at radius 1 is 1.54 bits per heavy atom. The van der Waals surface area contributed by atoms with Gasteiger partial charge in [-0.05, 0) is 12.1 Å². The highest BCUT2D eigenvalue weighted by Gasteiger charge is 2.08. The van der Waals surface area contributed by atoms with Crippen LogP contribution in [0.15, 0.2) is 30.6 Å². The molecule has 3 heteroatoms. The molecule has 0 saturated carbocycles. The van der Waals surface area contributed by atoms with E-state index in [-0.39, 0.29) is 5.78 Å². The number of fused-ring (bicyclic) bond motifs is 1. The molecule has 0 radical (unpaired) electrons. The van der Waals surface area contributed by atoms with Crippen molar-refractivity contribution >= 4 is 11.3 Å². The van der Waals surface area contributed by atoms with E-state index < -0.39 is 0 Å². The highest BCUT2D eigenvalue weighted by atomic mass is 16.1. The van der Waals surface area contributed by atoms with E-state index in [1.54, 1.807) is 10.7 Å². The summed E-state index contributed by atoms with van der Waals surface area (Å²) in [5.74, 6) is 0.140. The second-order valence-electron chi connectivity index (χ2n) is 2.87. The van der Waals surface area contributed by atoms with Crippen molar-refractivity contribution in [3.63, 3.8) is 0 Å². The Morgan fingerprint density at radius 3 is 3.15 bits per heavy atom. The average Bonchev–Trinajstić information content (AvgIpc) is 2.60. The van der Waals surface area contributed by atoms with Crippen molar-refractivity contribution < 1.29 is 4.79 Å². The molecule has 0 aliphatic heterocycles. The second-order valence-corrected chi connectivity index (χ2v) is 2.87. The van der Waals surface area contributed by atoms with Crippen LogP contribution in [-0.4, -0.2) is 15.4 Å². The molecule has 0 amide bonds. The molecule has 0 aliphatic rings.